The molecule has 2 rings (SSSR count). The van der Waals surface area contributed by atoms with E-state index in [4.69, 9.17) is 32.7 Å². The van der Waals surface area contributed by atoms with Gasteiger partial charge in [-0.1, -0.05) is 29.3 Å². The van der Waals surface area contributed by atoms with E-state index in [9.17, 15) is 4.79 Å². The van der Waals surface area contributed by atoms with E-state index in [0.29, 0.717) is 16.5 Å². The first kappa shape index (κ1) is 15.5. The molecule has 0 aromatic heterocycles. The number of rotatable bonds is 3. The highest BCUT2D eigenvalue weighted by atomic mass is 35.5. The SMILES string of the molecule is COc1ccc(OC(=O)Nc2cc(Cl)ccc2C)c(Cl)c1. The molecule has 0 spiro atoms. The third-order valence-electron chi connectivity index (χ3n) is 2.78. The number of anilines is 1. The second-order valence-corrected chi connectivity index (χ2v) is 5.11. The van der Waals surface area contributed by atoms with Gasteiger partial charge in [0.1, 0.15) is 5.75 Å². The van der Waals surface area contributed by atoms with E-state index in [1.54, 1.807) is 36.4 Å². The fraction of sp³-hybridized carbons (Fsp3) is 0.133. The summed E-state index contributed by atoms with van der Waals surface area (Å²) in [5.41, 5.74) is 1.45. The van der Waals surface area contributed by atoms with Gasteiger partial charge in [0.2, 0.25) is 0 Å². The Balaban J connectivity index is 2.10. The van der Waals surface area contributed by atoms with Crippen molar-refractivity contribution in [1.29, 1.82) is 0 Å². The van der Waals surface area contributed by atoms with Gasteiger partial charge in [0.05, 0.1) is 12.1 Å². The van der Waals surface area contributed by atoms with Crippen LogP contribution >= 0.6 is 23.2 Å². The molecule has 1 amide bonds. The van der Waals surface area contributed by atoms with Gasteiger partial charge in [-0.2, -0.15) is 0 Å². The molecule has 0 saturated carbocycles. The second-order valence-electron chi connectivity index (χ2n) is 4.27. The fourth-order valence-electron chi connectivity index (χ4n) is 1.66. The minimum absolute atomic E-state index is 0.245. The van der Waals surface area contributed by atoms with Crippen LogP contribution in [-0.2, 0) is 0 Å². The van der Waals surface area contributed by atoms with Gasteiger partial charge in [-0.3, -0.25) is 5.32 Å². The van der Waals surface area contributed by atoms with Crippen LogP contribution in [0.1, 0.15) is 5.56 Å². The van der Waals surface area contributed by atoms with Gasteiger partial charge in [-0.05, 0) is 36.8 Å². The van der Waals surface area contributed by atoms with Gasteiger partial charge in [0.25, 0.3) is 0 Å². The summed E-state index contributed by atoms with van der Waals surface area (Å²) in [4.78, 5) is 11.9. The maximum atomic E-state index is 11.9. The predicted octanol–water partition coefficient (Wildman–Crippen LogP) is 4.92. The van der Waals surface area contributed by atoms with E-state index in [1.165, 1.54) is 7.11 Å². The third-order valence-corrected chi connectivity index (χ3v) is 3.31. The maximum Gasteiger partial charge on any atom is 0.417 e. The number of halogens is 2. The highest BCUT2D eigenvalue weighted by molar-refractivity contribution is 6.32. The van der Waals surface area contributed by atoms with Crippen molar-refractivity contribution in [2.45, 2.75) is 6.92 Å². The Morgan fingerprint density at radius 3 is 2.57 bits per heavy atom. The summed E-state index contributed by atoms with van der Waals surface area (Å²) < 4.78 is 10.2. The number of ether oxygens (including phenoxy) is 2. The van der Waals surface area contributed by atoms with Crippen LogP contribution in [0.15, 0.2) is 36.4 Å². The number of hydrogen-bond donors (Lipinski definition) is 1. The predicted molar refractivity (Wildman–Crippen MR) is 83.8 cm³/mol. The standard InChI is InChI=1S/C15H13Cl2NO3/c1-9-3-4-10(16)7-13(9)18-15(19)21-14-6-5-11(20-2)8-12(14)17/h3-8H,1-2H3,(H,18,19). The molecule has 0 bridgehead atoms. The van der Waals surface area contributed by atoms with Crippen LogP contribution in [-0.4, -0.2) is 13.2 Å². The van der Waals surface area contributed by atoms with Crippen molar-refractivity contribution in [2.75, 3.05) is 12.4 Å². The lowest BCUT2D eigenvalue weighted by molar-refractivity contribution is 0.215. The van der Waals surface area contributed by atoms with Crippen LogP contribution in [0.2, 0.25) is 10.0 Å². The molecule has 0 saturated heterocycles. The zero-order valence-electron chi connectivity index (χ0n) is 11.4. The average Bonchev–Trinajstić information content (AvgIpc) is 2.45. The minimum Gasteiger partial charge on any atom is -0.497 e. The number of methoxy groups -OCH3 is 1. The largest absolute Gasteiger partial charge is 0.497 e. The van der Waals surface area contributed by atoms with E-state index in [-0.39, 0.29) is 10.8 Å². The molecular formula is C15H13Cl2NO3. The summed E-state index contributed by atoms with van der Waals surface area (Å²) in [6, 6.07) is 9.97. The molecule has 0 fully saturated rings. The highest BCUT2D eigenvalue weighted by Crippen LogP contribution is 2.29. The Hall–Kier alpha value is -1.91. The number of nitrogens with one attached hydrogen (secondary N) is 1. The van der Waals surface area contributed by atoms with E-state index in [2.05, 4.69) is 5.32 Å². The van der Waals surface area contributed by atoms with E-state index in [0.717, 1.165) is 5.56 Å². The molecule has 0 radical (unpaired) electrons. The van der Waals surface area contributed by atoms with E-state index in [1.807, 2.05) is 6.92 Å². The van der Waals surface area contributed by atoms with Gasteiger partial charge in [-0.25, -0.2) is 4.79 Å². The lowest BCUT2D eigenvalue weighted by Crippen LogP contribution is -2.17. The van der Waals surface area contributed by atoms with Crippen LogP contribution in [0.5, 0.6) is 11.5 Å². The maximum absolute atomic E-state index is 11.9. The summed E-state index contributed by atoms with van der Waals surface area (Å²) >= 11 is 11.9. The van der Waals surface area contributed by atoms with E-state index < -0.39 is 6.09 Å². The zero-order chi connectivity index (χ0) is 15.4. The molecular weight excluding hydrogens is 313 g/mol. The number of carbonyl (C=O) groups is 1. The van der Waals surface area contributed by atoms with Crippen LogP contribution in [0.4, 0.5) is 10.5 Å². The number of carbonyl (C=O) groups excluding carboxylic acids is 1. The molecule has 2 aromatic rings. The average molecular weight is 326 g/mol. The van der Waals surface area contributed by atoms with Gasteiger partial charge in [-0.15, -0.1) is 0 Å². The van der Waals surface area contributed by atoms with Crippen molar-refractivity contribution in [2.24, 2.45) is 0 Å². The molecule has 0 unspecified atom stereocenters. The summed E-state index contributed by atoms with van der Waals surface area (Å²) in [7, 11) is 1.53. The molecule has 21 heavy (non-hydrogen) atoms. The van der Waals surface area contributed by atoms with Gasteiger partial charge in [0, 0.05) is 16.8 Å². The molecule has 0 heterocycles. The number of amides is 1. The van der Waals surface area contributed by atoms with Crippen LogP contribution in [0.3, 0.4) is 0 Å². The number of benzene rings is 2. The first-order valence-corrected chi connectivity index (χ1v) is 6.83. The van der Waals surface area contributed by atoms with Gasteiger partial charge >= 0.3 is 6.09 Å². The molecule has 0 aliphatic heterocycles. The molecule has 6 heteroatoms. The monoisotopic (exact) mass is 325 g/mol. The van der Waals surface area contributed by atoms with Crippen molar-refractivity contribution in [1.82, 2.24) is 0 Å². The summed E-state index contributed by atoms with van der Waals surface area (Å²) in [6.45, 7) is 1.85. The lowest BCUT2D eigenvalue weighted by atomic mass is 10.2. The third kappa shape index (κ3) is 4.03. The van der Waals surface area contributed by atoms with Crippen molar-refractivity contribution < 1.29 is 14.3 Å². The normalized spacial score (nSPS) is 10.1. The van der Waals surface area contributed by atoms with Crippen molar-refractivity contribution >= 4 is 35.0 Å². The van der Waals surface area contributed by atoms with E-state index >= 15 is 0 Å². The Labute approximate surface area is 132 Å². The summed E-state index contributed by atoms with van der Waals surface area (Å²) in [6.07, 6.45) is -0.646. The Kier molecular flexibility index (Phi) is 4.94. The van der Waals surface area contributed by atoms with Crippen LogP contribution in [0.25, 0.3) is 0 Å². The topological polar surface area (TPSA) is 47.6 Å². The molecule has 0 aliphatic carbocycles. The molecule has 4 nitrogen and oxygen atoms in total. The number of aryl methyl sites for hydroxylation is 1. The molecule has 2 aromatic carbocycles. The zero-order valence-corrected chi connectivity index (χ0v) is 13.0. The molecule has 110 valence electrons. The number of hydrogen-bond acceptors (Lipinski definition) is 3. The fourth-order valence-corrected chi connectivity index (χ4v) is 2.04. The van der Waals surface area contributed by atoms with Crippen molar-refractivity contribution in [3.05, 3.63) is 52.0 Å². The summed E-state index contributed by atoms with van der Waals surface area (Å²) in [5.74, 6) is 0.827. The summed E-state index contributed by atoms with van der Waals surface area (Å²) in [5, 5.41) is 3.43. The van der Waals surface area contributed by atoms with Crippen LogP contribution in [0, 0.1) is 6.92 Å². The molecule has 0 atom stereocenters. The highest BCUT2D eigenvalue weighted by Gasteiger charge is 2.11. The Morgan fingerprint density at radius 1 is 1.14 bits per heavy atom. The van der Waals surface area contributed by atoms with Gasteiger partial charge < -0.3 is 9.47 Å². The minimum atomic E-state index is -0.646. The molecule has 0 aliphatic rings. The Morgan fingerprint density at radius 2 is 1.90 bits per heavy atom. The smallest absolute Gasteiger partial charge is 0.417 e. The van der Waals surface area contributed by atoms with Crippen molar-refractivity contribution in [3.63, 3.8) is 0 Å². The van der Waals surface area contributed by atoms with Crippen molar-refractivity contribution in [3.8, 4) is 11.5 Å². The molecule has 1 N–H and O–H groups in total. The van der Waals surface area contributed by atoms with Crippen LogP contribution < -0.4 is 14.8 Å². The Bertz CT molecular complexity index is 674. The lowest BCUT2D eigenvalue weighted by Gasteiger charge is -2.10. The second kappa shape index (κ2) is 6.70. The first-order valence-electron chi connectivity index (χ1n) is 6.08. The quantitative estimate of drug-likeness (QED) is 0.871. The first-order chi connectivity index (χ1) is 9.99. The van der Waals surface area contributed by atoms with Gasteiger partial charge in [0.15, 0.2) is 5.75 Å².